The average molecular weight is 294 g/mol. The van der Waals surface area contributed by atoms with Gasteiger partial charge in [-0.2, -0.15) is 0 Å². The lowest BCUT2D eigenvalue weighted by molar-refractivity contribution is -0.141. The van der Waals surface area contributed by atoms with Crippen LogP contribution >= 0.6 is 0 Å². The lowest BCUT2D eigenvalue weighted by Crippen LogP contribution is -2.48. The molecule has 1 saturated heterocycles. The van der Waals surface area contributed by atoms with E-state index in [2.05, 4.69) is 0 Å². The monoisotopic (exact) mass is 294 g/mol. The molecule has 1 aliphatic heterocycles. The minimum absolute atomic E-state index is 0.190. The van der Waals surface area contributed by atoms with Crippen molar-refractivity contribution in [2.75, 3.05) is 13.1 Å². The van der Waals surface area contributed by atoms with Gasteiger partial charge in [0, 0.05) is 13.1 Å². The Balaban J connectivity index is 1.95. The number of benzene rings is 1. The van der Waals surface area contributed by atoms with Gasteiger partial charge in [-0.25, -0.2) is 4.39 Å². The SMILES string of the molecule is C[C@H](Oc1ccc(F)cc1)C(=O)N1CCC[C@H](C(N)=O)C1. The first-order chi connectivity index (χ1) is 9.97. The second kappa shape index (κ2) is 6.56. The highest BCUT2D eigenvalue weighted by Gasteiger charge is 2.30. The maximum absolute atomic E-state index is 12.8. The minimum Gasteiger partial charge on any atom is -0.481 e. The van der Waals surface area contributed by atoms with E-state index in [1.54, 1.807) is 11.8 Å². The van der Waals surface area contributed by atoms with Crippen LogP contribution in [0.4, 0.5) is 4.39 Å². The van der Waals surface area contributed by atoms with Crippen LogP contribution in [0.2, 0.25) is 0 Å². The van der Waals surface area contributed by atoms with Gasteiger partial charge in [0.05, 0.1) is 5.92 Å². The summed E-state index contributed by atoms with van der Waals surface area (Å²) in [5.41, 5.74) is 5.30. The molecule has 0 unspecified atom stereocenters. The number of hydrogen-bond donors (Lipinski definition) is 1. The van der Waals surface area contributed by atoms with Crippen LogP contribution in [0.3, 0.4) is 0 Å². The summed E-state index contributed by atoms with van der Waals surface area (Å²) < 4.78 is 18.3. The van der Waals surface area contributed by atoms with Crippen LogP contribution in [0, 0.1) is 11.7 Å². The number of carbonyl (C=O) groups is 2. The quantitative estimate of drug-likeness (QED) is 0.910. The van der Waals surface area contributed by atoms with Gasteiger partial charge in [-0.05, 0) is 44.0 Å². The highest BCUT2D eigenvalue weighted by atomic mass is 19.1. The topological polar surface area (TPSA) is 72.6 Å². The normalized spacial score (nSPS) is 19.9. The lowest BCUT2D eigenvalue weighted by atomic mass is 9.97. The van der Waals surface area contributed by atoms with E-state index >= 15 is 0 Å². The van der Waals surface area contributed by atoms with Crippen LogP contribution in [0.1, 0.15) is 19.8 Å². The van der Waals surface area contributed by atoms with Gasteiger partial charge in [-0.15, -0.1) is 0 Å². The third kappa shape index (κ3) is 3.93. The molecule has 0 spiro atoms. The molecule has 0 aliphatic carbocycles. The molecule has 0 aromatic heterocycles. The maximum Gasteiger partial charge on any atom is 0.263 e. The third-order valence-electron chi connectivity index (χ3n) is 3.61. The Hall–Kier alpha value is -2.11. The van der Waals surface area contributed by atoms with Crippen molar-refractivity contribution >= 4 is 11.8 Å². The van der Waals surface area contributed by atoms with E-state index in [9.17, 15) is 14.0 Å². The van der Waals surface area contributed by atoms with Crippen molar-refractivity contribution in [2.45, 2.75) is 25.9 Å². The van der Waals surface area contributed by atoms with Crippen molar-refractivity contribution in [1.29, 1.82) is 0 Å². The molecule has 1 aromatic rings. The van der Waals surface area contributed by atoms with Gasteiger partial charge in [0.2, 0.25) is 5.91 Å². The minimum atomic E-state index is -0.693. The molecule has 0 radical (unpaired) electrons. The summed E-state index contributed by atoms with van der Waals surface area (Å²) in [5, 5.41) is 0. The van der Waals surface area contributed by atoms with Crippen LogP contribution in [-0.2, 0) is 9.59 Å². The first-order valence-corrected chi connectivity index (χ1v) is 6.97. The first kappa shape index (κ1) is 15.3. The number of ether oxygens (including phenoxy) is 1. The standard InChI is InChI=1S/C15H19FN2O3/c1-10(21-13-6-4-12(16)5-7-13)15(20)18-8-2-3-11(9-18)14(17)19/h4-7,10-11H,2-3,8-9H2,1H3,(H2,17,19)/t10-,11-/m0/s1. The first-order valence-electron chi connectivity index (χ1n) is 6.97. The second-order valence-corrected chi connectivity index (χ2v) is 5.24. The summed E-state index contributed by atoms with van der Waals surface area (Å²) in [4.78, 5) is 25.1. The summed E-state index contributed by atoms with van der Waals surface area (Å²) >= 11 is 0. The van der Waals surface area contributed by atoms with Crippen LogP contribution < -0.4 is 10.5 Å². The number of nitrogens with zero attached hydrogens (tertiary/aromatic N) is 1. The second-order valence-electron chi connectivity index (χ2n) is 5.24. The van der Waals surface area contributed by atoms with Crippen molar-refractivity contribution in [1.82, 2.24) is 4.90 Å². The number of likely N-dealkylation sites (tertiary alicyclic amines) is 1. The van der Waals surface area contributed by atoms with Crippen molar-refractivity contribution in [3.05, 3.63) is 30.1 Å². The fourth-order valence-electron chi connectivity index (χ4n) is 2.43. The molecule has 1 fully saturated rings. The van der Waals surface area contributed by atoms with Crippen molar-refractivity contribution in [2.24, 2.45) is 11.7 Å². The summed E-state index contributed by atoms with van der Waals surface area (Å²) in [6, 6.07) is 5.50. The number of halogens is 1. The predicted molar refractivity (Wildman–Crippen MR) is 75.0 cm³/mol. The molecule has 2 amide bonds. The van der Waals surface area contributed by atoms with Crippen LogP contribution in [-0.4, -0.2) is 35.9 Å². The zero-order chi connectivity index (χ0) is 15.4. The fraction of sp³-hybridized carbons (Fsp3) is 0.467. The summed E-state index contributed by atoms with van der Waals surface area (Å²) in [6.45, 7) is 2.57. The summed E-state index contributed by atoms with van der Waals surface area (Å²) in [7, 11) is 0. The molecule has 6 heteroatoms. The van der Waals surface area contributed by atoms with E-state index in [4.69, 9.17) is 10.5 Å². The highest BCUT2D eigenvalue weighted by molar-refractivity contribution is 5.83. The zero-order valence-electron chi connectivity index (χ0n) is 11.9. The molecule has 21 heavy (non-hydrogen) atoms. The predicted octanol–water partition coefficient (Wildman–Crippen LogP) is 1.32. The van der Waals surface area contributed by atoms with Gasteiger partial charge in [-0.1, -0.05) is 0 Å². The lowest BCUT2D eigenvalue weighted by Gasteiger charge is -2.32. The number of amides is 2. The Morgan fingerprint density at radius 1 is 1.38 bits per heavy atom. The van der Waals surface area contributed by atoms with Crippen molar-refractivity contribution in [3.63, 3.8) is 0 Å². The third-order valence-corrected chi connectivity index (χ3v) is 3.61. The van der Waals surface area contributed by atoms with Gasteiger partial charge in [0.1, 0.15) is 11.6 Å². The molecule has 2 N–H and O–H groups in total. The molecule has 114 valence electrons. The van der Waals surface area contributed by atoms with Gasteiger partial charge in [0.15, 0.2) is 6.10 Å². The number of rotatable bonds is 4. The molecule has 1 aromatic carbocycles. The molecule has 2 rings (SSSR count). The van der Waals surface area contributed by atoms with E-state index in [0.29, 0.717) is 25.3 Å². The Morgan fingerprint density at radius 3 is 2.67 bits per heavy atom. The number of carbonyl (C=O) groups excluding carboxylic acids is 2. The Morgan fingerprint density at radius 2 is 2.05 bits per heavy atom. The van der Waals surface area contributed by atoms with Gasteiger partial charge >= 0.3 is 0 Å². The summed E-state index contributed by atoms with van der Waals surface area (Å²) in [5.74, 6) is -0.784. The van der Waals surface area contributed by atoms with Gasteiger partial charge in [0.25, 0.3) is 5.91 Å². The van der Waals surface area contributed by atoms with Crippen molar-refractivity contribution < 1.29 is 18.7 Å². The number of primary amides is 1. The van der Waals surface area contributed by atoms with Crippen LogP contribution in [0.25, 0.3) is 0 Å². The molecule has 0 saturated carbocycles. The largest absolute Gasteiger partial charge is 0.481 e. The van der Waals surface area contributed by atoms with Gasteiger partial charge in [-0.3, -0.25) is 9.59 Å². The number of piperidine rings is 1. The van der Waals surface area contributed by atoms with E-state index < -0.39 is 6.10 Å². The smallest absolute Gasteiger partial charge is 0.263 e. The molecule has 5 nitrogen and oxygen atoms in total. The number of hydrogen-bond acceptors (Lipinski definition) is 3. The van der Waals surface area contributed by atoms with Crippen molar-refractivity contribution in [3.8, 4) is 5.75 Å². The zero-order valence-corrected chi connectivity index (χ0v) is 11.9. The molecule has 1 aliphatic rings. The molecule has 2 atom stereocenters. The average Bonchev–Trinajstić information content (AvgIpc) is 2.49. The maximum atomic E-state index is 12.8. The van der Waals surface area contributed by atoms with E-state index in [-0.39, 0.29) is 23.5 Å². The molecule has 1 heterocycles. The highest BCUT2D eigenvalue weighted by Crippen LogP contribution is 2.19. The van der Waals surface area contributed by atoms with E-state index in [1.165, 1.54) is 24.3 Å². The van der Waals surface area contributed by atoms with Crippen LogP contribution in [0.15, 0.2) is 24.3 Å². The molecule has 0 bridgehead atoms. The van der Waals surface area contributed by atoms with Gasteiger partial charge < -0.3 is 15.4 Å². The summed E-state index contributed by atoms with van der Waals surface area (Å²) in [6.07, 6.45) is 0.775. The van der Waals surface area contributed by atoms with Crippen LogP contribution in [0.5, 0.6) is 5.75 Å². The Bertz CT molecular complexity index is 518. The molecular weight excluding hydrogens is 275 g/mol. The number of nitrogens with two attached hydrogens (primary N) is 1. The Labute approximate surface area is 122 Å². The fourth-order valence-corrected chi connectivity index (χ4v) is 2.43. The Kier molecular flexibility index (Phi) is 4.77. The van der Waals surface area contributed by atoms with E-state index in [1.807, 2.05) is 0 Å². The molecular formula is C15H19FN2O3. The van der Waals surface area contributed by atoms with E-state index in [0.717, 1.165) is 6.42 Å².